The van der Waals surface area contributed by atoms with Crippen LogP contribution in [0.3, 0.4) is 0 Å². The van der Waals surface area contributed by atoms with Crippen LogP contribution < -0.4 is 4.74 Å². The maximum absolute atomic E-state index is 13.8. The van der Waals surface area contributed by atoms with Crippen molar-refractivity contribution in [2.45, 2.75) is 18.4 Å². The van der Waals surface area contributed by atoms with Gasteiger partial charge in [-0.2, -0.15) is 0 Å². The van der Waals surface area contributed by atoms with Crippen molar-refractivity contribution in [1.29, 1.82) is 0 Å². The van der Waals surface area contributed by atoms with E-state index < -0.39 is 28.6 Å². The van der Waals surface area contributed by atoms with E-state index in [1.165, 1.54) is 19.2 Å². The second-order valence-corrected chi connectivity index (χ2v) is 9.24. The Morgan fingerprint density at radius 1 is 0.857 bits per heavy atom. The zero-order chi connectivity index (χ0) is 25.0. The molecule has 0 atom stereocenters. The molecule has 3 aromatic carbocycles. The number of hydrogen-bond acceptors (Lipinski definition) is 7. The summed E-state index contributed by atoms with van der Waals surface area (Å²) in [6.45, 7) is 1.24. The van der Waals surface area contributed by atoms with E-state index in [-0.39, 0.29) is 28.3 Å². The Hall–Kier alpha value is -4.11. The first-order valence-corrected chi connectivity index (χ1v) is 12.2. The monoisotopic (exact) mass is 493 g/mol. The highest BCUT2D eigenvalue weighted by Gasteiger charge is 2.31. The summed E-state index contributed by atoms with van der Waals surface area (Å²) in [5.41, 5.74) is 0.477. The van der Waals surface area contributed by atoms with Gasteiger partial charge < -0.3 is 14.2 Å². The van der Waals surface area contributed by atoms with Crippen LogP contribution in [0.2, 0.25) is 0 Å². The van der Waals surface area contributed by atoms with Gasteiger partial charge in [0.25, 0.3) is 10.0 Å². The number of carbonyl (C=O) groups excluding carboxylic acids is 2. The van der Waals surface area contributed by atoms with Crippen molar-refractivity contribution in [3.63, 3.8) is 0 Å². The van der Waals surface area contributed by atoms with Crippen LogP contribution in [0, 0.1) is 0 Å². The Labute approximate surface area is 202 Å². The molecule has 0 saturated heterocycles. The number of benzene rings is 3. The molecule has 35 heavy (non-hydrogen) atoms. The first-order valence-electron chi connectivity index (χ1n) is 10.8. The molecular weight excluding hydrogens is 470 g/mol. The Balaban J connectivity index is 1.95. The lowest BCUT2D eigenvalue weighted by molar-refractivity contribution is 0.0445. The Morgan fingerprint density at radius 2 is 1.51 bits per heavy atom. The molecule has 0 saturated carbocycles. The van der Waals surface area contributed by atoms with Crippen LogP contribution in [0.5, 0.6) is 5.75 Å². The van der Waals surface area contributed by atoms with Crippen molar-refractivity contribution in [3.8, 4) is 5.75 Å². The zero-order valence-electron chi connectivity index (χ0n) is 19.1. The first kappa shape index (κ1) is 24.0. The number of aromatic nitrogens is 1. The second kappa shape index (κ2) is 10.0. The fourth-order valence-electron chi connectivity index (χ4n) is 3.75. The third-order valence-electron chi connectivity index (χ3n) is 5.34. The quantitative estimate of drug-likeness (QED) is 0.335. The molecule has 0 radical (unpaired) electrons. The molecule has 1 heterocycles. The molecule has 0 spiro atoms. The predicted octanol–water partition coefficient (Wildman–Crippen LogP) is 4.42. The van der Waals surface area contributed by atoms with Crippen molar-refractivity contribution in [2.75, 3.05) is 13.7 Å². The van der Waals surface area contributed by atoms with E-state index in [1.54, 1.807) is 73.7 Å². The molecule has 0 bridgehead atoms. The highest BCUT2D eigenvalue weighted by atomic mass is 32.2. The maximum Gasteiger partial charge on any atom is 0.340 e. The fourth-order valence-corrected chi connectivity index (χ4v) is 5.31. The SMILES string of the molecule is CCOC(=O)c1c(COC(=O)c2ccccc2)n(S(=O)(=O)c2ccccc2)c2ccc(OC)cc12. The fraction of sp³-hybridized carbons (Fsp3) is 0.154. The summed E-state index contributed by atoms with van der Waals surface area (Å²) >= 11 is 0. The average molecular weight is 494 g/mol. The summed E-state index contributed by atoms with van der Waals surface area (Å²) in [6.07, 6.45) is 0. The molecule has 0 aliphatic heterocycles. The lowest BCUT2D eigenvalue weighted by Gasteiger charge is -2.13. The number of ether oxygens (including phenoxy) is 3. The molecule has 0 N–H and O–H groups in total. The van der Waals surface area contributed by atoms with E-state index in [1.807, 2.05) is 0 Å². The van der Waals surface area contributed by atoms with Crippen LogP contribution in [0.15, 0.2) is 83.8 Å². The van der Waals surface area contributed by atoms with Gasteiger partial charge in [0, 0.05) is 5.39 Å². The van der Waals surface area contributed by atoms with Gasteiger partial charge >= 0.3 is 11.9 Å². The Kier molecular flexibility index (Phi) is 6.88. The summed E-state index contributed by atoms with van der Waals surface area (Å²) in [4.78, 5) is 25.7. The van der Waals surface area contributed by atoms with Crippen LogP contribution in [-0.4, -0.2) is 38.0 Å². The van der Waals surface area contributed by atoms with Crippen LogP contribution in [-0.2, 0) is 26.1 Å². The standard InChI is InChI=1S/C26H23NO7S/c1-3-33-26(29)24-21-16-19(32-2)14-15-22(21)27(35(30,31)20-12-8-5-9-13-20)23(24)17-34-25(28)18-10-6-4-7-11-18/h4-16H,3,17H2,1-2H3. The van der Waals surface area contributed by atoms with Gasteiger partial charge in [0.2, 0.25) is 0 Å². The number of carbonyl (C=O) groups is 2. The van der Waals surface area contributed by atoms with E-state index in [0.29, 0.717) is 16.7 Å². The van der Waals surface area contributed by atoms with Crippen LogP contribution in [0.4, 0.5) is 0 Å². The first-order chi connectivity index (χ1) is 16.9. The number of rotatable bonds is 8. The third-order valence-corrected chi connectivity index (χ3v) is 7.10. The normalized spacial score (nSPS) is 11.3. The van der Waals surface area contributed by atoms with Gasteiger partial charge in [-0.05, 0) is 49.4 Å². The van der Waals surface area contributed by atoms with E-state index >= 15 is 0 Å². The van der Waals surface area contributed by atoms with Crippen molar-refractivity contribution in [3.05, 3.63) is 95.7 Å². The van der Waals surface area contributed by atoms with Gasteiger partial charge in [0.15, 0.2) is 0 Å². The Morgan fingerprint density at radius 3 is 2.14 bits per heavy atom. The number of methoxy groups -OCH3 is 1. The zero-order valence-corrected chi connectivity index (χ0v) is 19.9. The third kappa shape index (κ3) is 4.63. The largest absolute Gasteiger partial charge is 0.497 e. The van der Waals surface area contributed by atoms with Crippen molar-refractivity contribution in [1.82, 2.24) is 3.97 Å². The highest BCUT2D eigenvalue weighted by molar-refractivity contribution is 7.90. The van der Waals surface area contributed by atoms with Crippen molar-refractivity contribution < 1.29 is 32.2 Å². The molecule has 8 nitrogen and oxygen atoms in total. The van der Waals surface area contributed by atoms with E-state index in [0.717, 1.165) is 3.97 Å². The number of hydrogen-bond donors (Lipinski definition) is 0. The molecule has 0 unspecified atom stereocenters. The lowest BCUT2D eigenvalue weighted by atomic mass is 10.1. The number of nitrogens with zero attached hydrogens (tertiary/aromatic N) is 1. The molecular formula is C26H23NO7S. The van der Waals surface area contributed by atoms with Crippen LogP contribution in [0.25, 0.3) is 10.9 Å². The van der Waals surface area contributed by atoms with Crippen molar-refractivity contribution in [2.24, 2.45) is 0 Å². The van der Waals surface area contributed by atoms with Crippen LogP contribution in [0.1, 0.15) is 33.3 Å². The predicted molar refractivity (Wildman–Crippen MR) is 129 cm³/mol. The van der Waals surface area contributed by atoms with Crippen LogP contribution >= 0.6 is 0 Å². The minimum atomic E-state index is -4.18. The molecule has 180 valence electrons. The minimum absolute atomic E-state index is 0.0127. The van der Waals surface area contributed by atoms with Gasteiger partial charge in [0.1, 0.15) is 12.4 Å². The molecule has 0 amide bonds. The van der Waals surface area contributed by atoms with E-state index in [2.05, 4.69) is 0 Å². The summed E-state index contributed by atoms with van der Waals surface area (Å²) in [6, 6.07) is 20.8. The minimum Gasteiger partial charge on any atom is -0.497 e. The van der Waals surface area contributed by atoms with Gasteiger partial charge in [0.05, 0.1) is 40.9 Å². The summed E-state index contributed by atoms with van der Waals surface area (Å²) in [5, 5.41) is 0.299. The van der Waals surface area contributed by atoms with E-state index in [9.17, 15) is 18.0 Å². The second-order valence-electron chi connectivity index (χ2n) is 7.45. The maximum atomic E-state index is 13.8. The van der Waals surface area contributed by atoms with Gasteiger partial charge in [-0.3, -0.25) is 0 Å². The molecule has 0 aliphatic rings. The molecule has 4 rings (SSSR count). The molecule has 0 aliphatic carbocycles. The topological polar surface area (TPSA) is 101 Å². The summed E-state index contributed by atoms with van der Waals surface area (Å²) in [5.74, 6) is -0.976. The molecule has 4 aromatic rings. The van der Waals surface area contributed by atoms with Gasteiger partial charge in [-0.1, -0.05) is 36.4 Å². The van der Waals surface area contributed by atoms with E-state index in [4.69, 9.17) is 14.2 Å². The lowest BCUT2D eigenvalue weighted by Crippen LogP contribution is -2.19. The Bertz CT molecular complexity index is 1480. The van der Waals surface area contributed by atoms with Crippen molar-refractivity contribution >= 4 is 32.9 Å². The summed E-state index contributed by atoms with van der Waals surface area (Å²) < 4.78 is 44.6. The number of esters is 2. The smallest absolute Gasteiger partial charge is 0.340 e. The summed E-state index contributed by atoms with van der Waals surface area (Å²) in [7, 11) is -2.72. The molecule has 9 heteroatoms. The molecule has 1 aromatic heterocycles. The van der Waals surface area contributed by atoms with Gasteiger partial charge in [-0.25, -0.2) is 22.0 Å². The average Bonchev–Trinajstić information content (AvgIpc) is 3.22. The highest BCUT2D eigenvalue weighted by Crippen LogP contribution is 2.34. The number of fused-ring (bicyclic) bond motifs is 1. The van der Waals surface area contributed by atoms with Gasteiger partial charge in [-0.15, -0.1) is 0 Å². The molecule has 0 fully saturated rings.